The Balaban J connectivity index is 1.38. The number of carbonyl (C=O) groups excluding carboxylic acids is 1. The number of nitrogens with zero attached hydrogens (tertiary/aromatic N) is 4. The van der Waals surface area contributed by atoms with E-state index in [-0.39, 0.29) is 18.1 Å². The molecule has 132 valence electrons. The standard InChI is InChI=1S/C18H22N4O3/c1-13(17-19-16(20-25-17)14-5-3-2-4-6-14)21-8-10-22(11-9-21)15-7-12-24-18(15)23/h2-6,13,15H,7-12H2,1H3/t13-,15+/m0/s1. The molecule has 2 aliphatic rings. The number of carbonyl (C=O) groups is 1. The molecule has 3 heterocycles. The van der Waals surface area contributed by atoms with Crippen LogP contribution in [0.1, 0.15) is 25.3 Å². The van der Waals surface area contributed by atoms with Crippen LogP contribution in [0.2, 0.25) is 0 Å². The topological polar surface area (TPSA) is 71.7 Å². The SMILES string of the molecule is C[C@@H](c1nc(-c2ccccc2)no1)N1CCN([C@@H]2CCOC2=O)CC1. The molecule has 7 heteroatoms. The van der Waals surface area contributed by atoms with Crippen LogP contribution >= 0.6 is 0 Å². The maximum Gasteiger partial charge on any atom is 0.323 e. The molecule has 2 aromatic rings. The molecule has 1 aromatic carbocycles. The molecule has 0 radical (unpaired) electrons. The predicted octanol–water partition coefficient (Wildman–Crippen LogP) is 1.73. The summed E-state index contributed by atoms with van der Waals surface area (Å²) in [4.78, 5) is 20.8. The molecule has 0 spiro atoms. The molecule has 2 saturated heterocycles. The van der Waals surface area contributed by atoms with Crippen molar-refractivity contribution in [3.63, 3.8) is 0 Å². The molecule has 25 heavy (non-hydrogen) atoms. The summed E-state index contributed by atoms with van der Waals surface area (Å²) in [7, 11) is 0. The van der Waals surface area contributed by atoms with E-state index in [4.69, 9.17) is 9.26 Å². The summed E-state index contributed by atoms with van der Waals surface area (Å²) in [6.07, 6.45) is 0.804. The molecule has 7 nitrogen and oxygen atoms in total. The summed E-state index contributed by atoms with van der Waals surface area (Å²) >= 11 is 0. The second-order valence-electron chi connectivity index (χ2n) is 6.54. The molecular formula is C18H22N4O3. The molecule has 2 atom stereocenters. The first kappa shape index (κ1) is 16.2. The van der Waals surface area contributed by atoms with Gasteiger partial charge in [0.25, 0.3) is 0 Å². The van der Waals surface area contributed by atoms with Crippen LogP contribution in [0.5, 0.6) is 0 Å². The van der Waals surface area contributed by atoms with Crippen LogP contribution in [0.25, 0.3) is 11.4 Å². The molecule has 0 saturated carbocycles. The molecular weight excluding hydrogens is 320 g/mol. The van der Waals surface area contributed by atoms with E-state index in [1.165, 1.54) is 0 Å². The van der Waals surface area contributed by atoms with Gasteiger partial charge >= 0.3 is 5.97 Å². The number of hydrogen-bond donors (Lipinski definition) is 0. The van der Waals surface area contributed by atoms with Crippen LogP contribution in [0.15, 0.2) is 34.9 Å². The maximum absolute atomic E-state index is 11.7. The van der Waals surface area contributed by atoms with E-state index in [1.807, 2.05) is 30.3 Å². The molecule has 1 aromatic heterocycles. The Morgan fingerprint density at radius 1 is 1.16 bits per heavy atom. The summed E-state index contributed by atoms with van der Waals surface area (Å²) in [5.74, 6) is 1.17. The fourth-order valence-corrected chi connectivity index (χ4v) is 3.52. The third-order valence-electron chi connectivity index (χ3n) is 5.08. The van der Waals surface area contributed by atoms with Gasteiger partial charge in [-0.15, -0.1) is 0 Å². The first-order valence-electron chi connectivity index (χ1n) is 8.76. The van der Waals surface area contributed by atoms with E-state index < -0.39 is 0 Å². The normalized spacial score (nSPS) is 23.6. The predicted molar refractivity (Wildman–Crippen MR) is 90.7 cm³/mol. The van der Waals surface area contributed by atoms with E-state index >= 15 is 0 Å². The average molecular weight is 342 g/mol. The third-order valence-corrected chi connectivity index (χ3v) is 5.08. The molecule has 0 aliphatic carbocycles. The highest BCUT2D eigenvalue weighted by Gasteiger charge is 2.35. The molecule has 2 fully saturated rings. The van der Waals surface area contributed by atoms with Crippen molar-refractivity contribution in [3.05, 3.63) is 36.2 Å². The number of rotatable bonds is 4. The van der Waals surface area contributed by atoms with Crippen LogP contribution in [0, 0.1) is 0 Å². The zero-order valence-corrected chi connectivity index (χ0v) is 14.3. The van der Waals surface area contributed by atoms with Crippen LogP contribution in [-0.2, 0) is 9.53 Å². The average Bonchev–Trinajstić information content (AvgIpc) is 3.31. The smallest absolute Gasteiger partial charge is 0.323 e. The van der Waals surface area contributed by atoms with Crippen LogP contribution in [0.3, 0.4) is 0 Å². The number of hydrogen-bond acceptors (Lipinski definition) is 7. The van der Waals surface area contributed by atoms with Gasteiger partial charge in [0, 0.05) is 38.2 Å². The van der Waals surface area contributed by atoms with Crippen LogP contribution in [0.4, 0.5) is 0 Å². The zero-order valence-electron chi connectivity index (χ0n) is 14.3. The van der Waals surface area contributed by atoms with E-state index in [0.717, 1.165) is 38.2 Å². The highest BCUT2D eigenvalue weighted by atomic mass is 16.5. The minimum Gasteiger partial charge on any atom is -0.464 e. The number of ether oxygens (including phenoxy) is 1. The number of esters is 1. The lowest BCUT2D eigenvalue weighted by molar-refractivity contribution is -0.143. The summed E-state index contributed by atoms with van der Waals surface area (Å²) in [5, 5.41) is 4.11. The summed E-state index contributed by atoms with van der Waals surface area (Å²) < 4.78 is 10.6. The van der Waals surface area contributed by atoms with E-state index in [9.17, 15) is 4.79 Å². The van der Waals surface area contributed by atoms with Gasteiger partial charge in [-0.1, -0.05) is 35.5 Å². The molecule has 0 unspecified atom stereocenters. The molecule has 4 rings (SSSR count). The Bertz CT molecular complexity index is 725. The van der Waals surface area contributed by atoms with Gasteiger partial charge in [-0.05, 0) is 6.92 Å². The Hall–Kier alpha value is -2.25. The zero-order chi connectivity index (χ0) is 17.2. The van der Waals surface area contributed by atoms with E-state index in [0.29, 0.717) is 18.3 Å². The monoisotopic (exact) mass is 342 g/mol. The number of aromatic nitrogens is 2. The summed E-state index contributed by atoms with van der Waals surface area (Å²) in [6, 6.07) is 9.82. The van der Waals surface area contributed by atoms with Gasteiger partial charge in [-0.2, -0.15) is 4.98 Å². The van der Waals surface area contributed by atoms with Crippen molar-refractivity contribution in [2.24, 2.45) is 0 Å². The van der Waals surface area contributed by atoms with Gasteiger partial charge in [-0.25, -0.2) is 0 Å². The van der Waals surface area contributed by atoms with E-state index in [1.54, 1.807) is 0 Å². The Morgan fingerprint density at radius 3 is 2.60 bits per heavy atom. The van der Waals surface area contributed by atoms with Crippen molar-refractivity contribution in [3.8, 4) is 11.4 Å². The summed E-state index contributed by atoms with van der Waals surface area (Å²) in [6.45, 7) is 6.07. The van der Waals surface area contributed by atoms with Gasteiger partial charge in [0.15, 0.2) is 0 Å². The molecule has 0 N–H and O–H groups in total. The fraction of sp³-hybridized carbons (Fsp3) is 0.500. The largest absolute Gasteiger partial charge is 0.464 e. The van der Waals surface area contributed by atoms with Crippen molar-refractivity contribution in [2.45, 2.75) is 25.4 Å². The lowest BCUT2D eigenvalue weighted by Gasteiger charge is -2.38. The Morgan fingerprint density at radius 2 is 1.92 bits per heavy atom. The van der Waals surface area contributed by atoms with Gasteiger partial charge in [0.1, 0.15) is 6.04 Å². The number of cyclic esters (lactones) is 1. The highest BCUT2D eigenvalue weighted by Crippen LogP contribution is 2.24. The van der Waals surface area contributed by atoms with Crippen molar-refractivity contribution < 1.29 is 14.1 Å². The number of benzene rings is 1. The summed E-state index contributed by atoms with van der Waals surface area (Å²) in [5.41, 5.74) is 0.953. The Kier molecular flexibility index (Phi) is 4.50. The second-order valence-corrected chi connectivity index (χ2v) is 6.54. The minimum atomic E-state index is -0.0779. The van der Waals surface area contributed by atoms with E-state index in [2.05, 4.69) is 26.9 Å². The van der Waals surface area contributed by atoms with Crippen LogP contribution < -0.4 is 0 Å². The molecule has 0 amide bonds. The fourth-order valence-electron chi connectivity index (χ4n) is 3.52. The van der Waals surface area contributed by atoms with Gasteiger partial charge in [0.2, 0.25) is 11.7 Å². The number of piperazine rings is 1. The van der Waals surface area contributed by atoms with Gasteiger partial charge in [-0.3, -0.25) is 14.6 Å². The maximum atomic E-state index is 11.7. The van der Waals surface area contributed by atoms with Crippen molar-refractivity contribution in [1.82, 2.24) is 19.9 Å². The van der Waals surface area contributed by atoms with Crippen molar-refractivity contribution >= 4 is 5.97 Å². The third kappa shape index (κ3) is 3.29. The van der Waals surface area contributed by atoms with Gasteiger partial charge in [0.05, 0.1) is 12.6 Å². The quantitative estimate of drug-likeness (QED) is 0.784. The van der Waals surface area contributed by atoms with Crippen molar-refractivity contribution in [1.29, 1.82) is 0 Å². The lowest BCUT2D eigenvalue weighted by atomic mass is 10.1. The van der Waals surface area contributed by atoms with Crippen LogP contribution in [-0.4, -0.2) is 64.7 Å². The minimum absolute atomic E-state index is 0.0580. The van der Waals surface area contributed by atoms with Gasteiger partial charge < -0.3 is 9.26 Å². The lowest BCUT2D eigenvalue weighted by Crippen LogP contribution is -2.52. The second kappa shape index (κ2) is 6.93. The first-order valence-corrected chi connectivity index (χ1v) is 8.76. The molecule has 2 aliphatic heterocycles. The van der Waals surface area contributed by atoms with Crippen molar-refractivity contribution in [2.75, 3.05) is 32.8 Å². The highest BCUT2D eigenvalue weighted by molar-refractivity contribution is 5.77. The Labute approximate surface area is 146 Å². The molecule has 0 bridgehead atoms. The first-order chi connectivity index (χ1) is 12.2.